The van der Waals surface area contributed by atoms with Crippen molar-refractivity contribution >= 4 is 33.4 Å². The van der Waals surface area contributed by atoms with Gasteiger partial charge >= 0.3 is 5.97 Å². The van der Waals surface area contributed by atoms with Gasteiger partial charge in [0.15, 0.2) is 4.80 Å². The zero-order valence-electron chi connectivity index (χ0n) is 15.7. The van der Waals surface area contributed by atoms with E-state index in [1.165, 1.54) is 17.8 Å². The molecule has 26 heavy (non-hydrogen) atoms. The highest BCUT2D eigenvalue weighted by Gasteiger charge is 2.21. The number of aromatic nitrogens is 1. The fourth-order valence-electron chi connectivity index (χ4n) is 3.69. The minimum absolute atomic E-state index is 0.0211. The van der Waals surface area contributed by atoms with E-state index < -0.39 is 0 Å². The molecule has 1 amide bonds. The van der Waals surface area contributed by atoms with Gasteiger partial charge in [0.2, 0.25) is 0 Å². The lowest BCUT2D eigenvalue weighted by Crippen LogP contribution is -2.25. The fraction of sp³-hybridized carbons (Fsp3) is 0.550. The maximum absolute atomic E-state index is 12.7. The highest BCUT2D eigenvalue weighted by Crippen LogP contribution is 2.26. The van der Waals surface area contributed by atoms with Crippen LogP contribution in [0.1, 0.15) is 50.2 Å². The molecular weight excluding hydrogens is 348 g/mol. The molecule has 1 saturated carbocycles. The summed E-state index contributed by atoms with van der Waals surface area (Å²) in [7, 11) is 0. The van der Waals surface area contributed by atoms with E-state index in [-0.39, 0.29) is 24.3 Å². The first-order valence-corrected chi connectivity index (χ1v) is 10.2. The Morgan fingerprint density at radius 1 is 1.23 bits per heavy atom. The summed E-state index contributed by atoms with van der Waals surface area (Å²) < 4.78 is 8.01. The van der Waals surface area contributed by atoms with Gasteiger partial charge in [0.1, 0.15) is 6.54 Å². The molecule has 0 bridgehead atoms. The van der Waals surface area contributed by atoms with Gasteiger partial charge in [-0.15, -0.1) is 0 Å². The van der Waals surface area contributed by atoms with Crippen LogP contribution in [-0.2, 0) is 20.9 Å². The van der Waals surface area contributed by atoms with Crippen LogP contribution in [0.25, 0.3) is 10.2 Å². The summed E-state index contributed by atoms with van der Waals surface area (Å²) >= 11 is 1.47. The first kappa shape index (κ1) is 18.8. The van der Waals surface area contributed by atoms with E-state index in [0.717, 1.165) is 47.0 Å². The topological polar surface area (TPSA) is 60.7 Å². The van der Waals surface area contributed by atoms with Crippen molar-refractivity contribution in [3.05, 3.63) is 28.1 Å². The largest absolute Gasteiger partial charge is 0.465 e. The van der Waals surface area contributed by atoms with Crippen molar-refractivity contribution in [3.8, 4) is 0 Å². The van der Waals surface area contributed by atoms with Crippen LogP contribution in [0.2, 0.25) is 0 Å². The van der Waals surface area contributed by atoms with Crippen molar-refractivity contribution < 1.29 is 14.3 Å². The lowest BCUT2D eigenvalue weighted by atomic mass is 9.89. The lowest BCUT2D eigenvalue weighted by molar-refractivity contribution is -0.143. The van der Waals surface area contributed by atoms with Gasteiger partial charge in [0.25, 0.3) is 5.91 Å². The number of hydrogen-bond donors (Lipinski definition) is 0. The molecule has 0 spiro atoms. The van der Waals surface area contributed by atoms with Gasteiger partial charge in [-0.1, -0.05) is 36.7 Å². The van der Waals surface area contributed by atoms with Crippen LogP contribution in [-0.4, -0.2) is 23.1 Å². The number of benzene rings is 1. The van der Waals surface area contributed by atoms with Gasteiger partial charge in [0.05, 0.1) is 16.8 Å². The average molecular weight is 375 g/mol. The van der Waals surface area contributed by atoms with Crippen LogP contribution in [0.4, 0.5) is 0 Å². The Labute approximate surface area is 157 Å². The average Bonchev–Trinajstić information content (AvgIpc) is 2.93. The number of fused-ring (bicyclic) bond motifs is 1. The maximum Gasteiger partial charge on any atom is 0.326 e. The van der Waals surface area contributed by atoms with Crippen molar-refractivity contribution in [1.29, 1.82) is 0 Å². The second-order valence-corrected chi connectivity index (χ2v) is 8.00. The smallest absolute Gasteiger partial charge is 0.326 e. The van der Waals surface area contributed by atoms with Crippen LogP contribution in [0.3, 0.4) is 0 Å². The van der Waals surface area contributed by atoms with Crippen LogP contribution >= 0.6 is 11.3 Å². The molecule has 140 valence electrons. The molecule has 0 saturated heterocycles. The quantitative estimate of drug-likeness (QED) is 0.763. The standard InChI is InChI=1S/C20H26N2O3S/c1-4-25-17(23)12-22-18-14(3)10-13(2)11-16(18)26-20(22)21-19(24)15-8-6-5-7-9-15/h10-11,15H,4-9,12H2,1-3H3. The summed E-state index contributed by atoms with van der Waals surface area (Å²) in [6.07, 6.45) is 5.24. The molecule has 0 radical (unpaired) electrons. The summed E-state index contributed by atoms with van der Waals surface area (Å²) in [6, 6.07) is 4.17. The third kappa shape index (κ3) is 4.06. The Balaban J connectivity index is 2.07. The highest BCUT2D eigenvalue weighted by atomic mass is 32.1. The Hall–Kier alpha value is -1.95. The van der Waals surface area contributed by atoms with E-state index >= 15 is 0 Å². The van der Waals surface area contributed by atoms with Crippen LogP contribution in [0.5, 0.6) is 0 Å². The molecule has 2 aromatic rings. The van der Waals surface area contributed by atoms with E-state index in [9.17, 15) is 9.59 Å². The Kier molecular flexibility index (Phi) is 5.91. The molecule has 3 rings (SSSR count). The van der Waals surface area contributed by atoms with Crippen LogP contribution < -0.4 is 4.80 Å². The zero-order valence-corrected chi connectivity index (χ0v) is 16.5. The fourth-order valence-corrected chi connectivity index (χ4v) is 4.91. The molecule has 1 aromatic carbocycles. The molecule has 0 atom stereocenters. The molecular formula is C20H26N2O3S. The van der Waals surface area contributed by atoms with Crippen LogP contribution in [0, 0.1) is 19.8 Å². The Bertz CT molecular complexity index is 888. The molecule has 1 heterocycles. The van der Waals surface area contributed by atoms with E-state index in [0.29, 0.717) is 11.4 Å². The van der Waals surface area contributed by atoms with Gasteiger partial charge in [-0.3, -0.25) is 9.59 Å². The van der Waals surface area contributed by atoms with Gasteiger partial charge in [-0.25, -0.2) is 0 Å². The third-order valence-corrected chi connectivity index (χ3v) is 5.89. The molecule has 1 aliphatic rings. The molecule has 6 heteroatoms. The summed E-state index contributed by atoms with van der Waals surface area (Å²) in [5.74, 6) is -0.338. The van der Waals surface area contributed by atoms with Gasteiger partial charge in [0, 0.05) is 5.92 Å². The van der Waals surface area contributed by atoms with E-state index in [4.69, 9.17) is 4.74 Å². The Morgan fingerprint density at radius 3 is 2.65 bits per heavy atom. The summed E-state index contributed by atoms with van der Waals surface area (Å²) in [4.78, 5) is 29.8. The van der Waals surface area contributed by atoms with E-state index in [1.807, 2.05) is 18.4 Å². The molecule has 0 unspecified atom stereocenters. The number of thiazole rings is 1. The minimum Gasteiger partial charge on any atom is -0.465 e. The molecule has 5 nitrogen and oxygen atoms in total. The number of hydrogen-bond acceptors (Lipinski definition) is 4. The Morgan fingerprint density at radius 2 is 1.96 bits per heavy atom. The van der Waals surface area contributed by atoms with Crippen molar-refractivity contribution in [2.24, 2.45) is 10.9 Å². The van der Waals surface area contributed by atoms with Gasteiger partial charge < -0.3 is 9.30 Å². The molecule has 1 aromatic heterocycles. The number of esters is 1. The third-order valence-electron chi connectivity index (χ3n) is 4.86. The van der Waals surface area contributed by atoms with Crippen molar-refractivity contribution in [2.45, 2.75) is 59.4 Å². The number of amides is 1. The second-order valence-electron chi connectivity index (χ2n) is 6.99. The number of rotatable bonds is 4. The normalized spacial score (nSPS) is 16.2. The molecule has 1 aliphatic carbocycles. The molecule has 0 N–H and O–H groups in total. The highest BCUT2D eigenvalue weighted by molar-refractivity contribution is 7.16. The number of carbonyl (C=O) groups excluding carboxylic acids is 2. The lowest BCUT2D eigenvalue weighted by Gasteiger charge is -2.17. The SMILES string of the molecule is CCOC(=O)Cn1c(=NC(=O)C2CCCCC2)sc2cc(C)cc(C)c21. The maximum atomic E-state index is 12.7. The van der Waals surface area contributed by atoms with Crippen molar-refractivity contribution in [2.75, 3.05) is 6.61 Å². The molecule has 0 aliphatic heterocycles. The first-order valence-electron chi connectivity index (χ1n) is 9.34. The number of carbonyl (C=O) groups is 2. The number of ether oxygens (including phenoxy) is 1. The molecule has 1 fully saturated rings. The first-order chi connectivity index (χ1) is 12.5. The minimum atomic E-state index is -0.307. The monoisotopic (exact) mass is 374 g/mol. The van der Waals surface area contributed by atoms with Crippen molar-refractivity contribution in [1.82, 2.24) is 4.57 Å². The summed E-state index contributed by atoms with van der Waals surface area (Å²) in [6.45, 7) is 6.28. The van der Waals surface area contributed by atoms with E-state index in [1.54, 1.807) is 6.92 Å². The summed E-state index contributed by atoms with van der Waals surface area (Å²) in [5.41, 5.74) is 3.20. The predicted octanol–water partition coefficient (Wildman–Crippen LogP) is 3.89. The van der Waals surface area contributed by atoms with E-state index in [2.05, 4.69) is 17.1 Å². The second kappa shape index (κ2) is 8.16. The van der Waals surface area contributed by atoms with Crippen molar-refractivity contribution in [3.63, 3.8) is 0 Å². The predicted molar refractivity (Wildman–Crippen MR) is 103 cm³/mol. The van der Waals surface area contributed by atoms with Gasteiger partial charge in [-0.05, 0) is 50.8 Å². The zero-order chi connectivity index (χ0) is 18.7. The van der Waals surface area contributed by atoms with Gasteiger partial charge in [-0.2, -0.15) is 4.99 Å². The van der Waals surface area contributed by atoms with Crippen LogP contribution in [0.15, 0.2) is 17.1 Å². The number of nitrogens with zero attached hydrogens (tertiary/aromatic N) is 2. The number of aryl methyl sites for hydroxylation is 2. The summed E-state index contributed by atoms with van der Waals surface area (Å²) in [5, 5.41) is 0.